The second-order valence-electron chi connectivity index (χ2n) is 10.7. The molecule has 2 heterocycles. The summed E-state index contributed by atoms with van der Waals surface area (Å²) in [7, 11) is 0. The van der Waals surface area contributed by atoms with E-state index in [9.17, 15) is 0 Å². The number of nitrogens with zero attached hydrogens (tertiary/aromatic N) is 4. The van der Waals surface area contributed by atoms with Crippen molar-refractivity contribution in [1.29, 1.82) is 0 Å². The summed E-state index contributed by atoms with van der Waals surface area (Å²) < 4.78 is 0. The van der Waals surface area contributed by atoms with E-state index in [0.717, 1.165) is 55.4 Å². The van der Waals surface area contributed by atoms with Gasteiger partial charge in [-0.1, -0.05) is 152 Å². The van der Waals surface area contributed by atoms with Gasteiger partial charge in [-0.2, -0.15) is 0 Å². The highest BCUT2D eigenvalue weighted by Gasteiger charge is 2.16. The number of rotatable bonds is 5. The summed E-state index contributed by atoms with van der Waals surface area (Å²) in [6, 6.07) is 54.0. The van der Waals surface area contributed by atoms with Crippen LogP contribution in [0.25, 0.3) is 78.2 Å². The third-order valence-corrected chi connectivity index (χ3v) is 7.93. The number of pyridine rings is 1. The number of benzene rings is 6. The molecule has 4 heteroatoms. The molecule has 8 rings (SSSR count). The molecule has 0 fully saturated rings. The lowest BCUT2D eigenvalue weighted by Crippen LogP contribution is -2.00. The maximum absolute atomic E-state index is 5.11. The molecule has 4 nitrogen and oxygen atoms in total. The summed E-state index contributed by atoms with van der Waals surface area (Å²) in [5.74, 6) is 1.95. The topological polar surface area (TPSA) is 51.6 Å². The van der Waals surface area contributed by atoms with Gasteiger partial charge in [-0.15, -0.1) is 0 Å². The van der Waals surface area contributed by atoms with Crippen molar-refractivity contribution >= 4 is 21.7 Å². The summed E-state index contributed by atoms with van der Waals surface area (Å²) in [6.07, 6.45) is 0. The predicted molar refractivity (Wildman–Crippen MR) is 180 cm³/mol. The molecule has 0 saturated heterocycles. The van der Waals surface area contributed by atoms with Crippen molar-refractivity contribution < 1.29 is 0 Å². The Kier molecular flexibility index (Phi) is 6.43. The second kappa shape index (κ2) is 11.0. The average Bonchev–Trinajstić information content (AvgIpc) is 3.12. The lowest BCUT2D eigenvalue weighted by atomic mass is 9.92. The molecule has 0 atom stereocenters. The van der Waals surface area contributed by atoms with Crippen molar-refractivity contribution in [2.75, 3.05) is 0 Å². The van der Waals surface area contributed by atoms with Crippen LogP contribution >= 0.6 is 0 Å². The van der Waals surface area contributed by atoms with Gasteiger partial charge in [0.25, 0.3) is 0 Å². The molecule has 206 valence electrons. The number of para-hydroxylation sites is 1. The summed E-state index contributed by atoms with van der Waals surface area (Å²) in [5.41, 5.74) is 8.20. The monoisotopic (exact) mass is 562 g/mol. The summed E-state index contributed by atoms with van der Waals surface area (Å²) in [5, 5.41) is 3.47. The molecular weight excluding hydrogens is 536 g/mol. The van der Waals surface area contributed by atoms with Gasteiger partial charge in [0, 0.05) is 38.4 Å². The Bertz CT molecular complexity index is 2190. The molecular formula is C40H26N4. The lowest BCUT2D eigenvalue weighted by molar-refractivity contribution is 1.07. The molecule has 0 aliphatic heterocycles. The molecule has 0 bridgehead atoms. The maximum atomic E-state index is 5.11. The zero-order chi connectivity index (χ0) is 29.3. The van der Waals surface area contributed by atoms with E-state index in [1.807, 2.05) is 66.7 Å². The van der Waals surface area contributed by atoms with Crippen molar-refractivity contribution in [3.05, 3.63) is 158 Å². The Morgan fingerprint density at radius 1 is 0.295 bits per heavy atom. The molecule has 0 N–H and O–H groups in total. The van der Waals surface area contributed by atoms with Gasteiger partial charge < -0.3 is 0 Å². The Hall–Kier alpha value is -6.00. The first kappa shape index (κ1) is 25.7. The van der Waals surface area contributed by atoms with Gasteiger partial charge in [0.1, 0.15) is 0 Å². The minimum Gasteiger partial charge on any atom is -0.247 e. The van der Waals surface area contributed by atoms with Gasteiger partial charge in [-0.05, 0) is 17.2 Å². The van der Waals surface area contributed by atoms with Crippen molar-refractivity contribution in [2.45, 2.75) is 0 Å². The molecule has 0 spiro atoms. The smallest absolute Gasteiger partial charge is 0.164 e. The predicted octanol–water partition coefficient (Wildman–Crippen LogP) is 9.91. The van der Waals surface area contributed by atoms with E-state index in [1.54, 1.807) is 0 Å². The summed E-state index contributed by atoms with van der Waals surface area (Å²) in [6.45, 7) is 0. The first-order valence-electron chi connectivity index (χ1n) is 14.7. The van der Waals surface area contributed by atoms with Gasteiger partial charge in [0.15, 0.2) is 17.5 Å². The average molecular weight is 563 g/mol. The van der Waals surface area contributed by atoms with Crippen molar-refractivity contribution in [1.82, 2.24) is 19.9 Å². The van der Waals surface area contributed by atoms with Crippen LogP contribution in [0.5, 0.6) is 0 Å². The van der Waals surface area contributed by atoms with E-state index in [1.165, 1.54) is 5.39 Å². The van der Waals surface area contributed by atoms with Gasteiger partial charge >= 0.3 is 0 Å². The maximum Gasteiger partial charge on any atom is 0.164 e. The van der Waals surface area contributed by atoms with Gasteiger partial charge in [0.05, 0.1) is 11.2 Å². The standard InChI is InChI=1S/C40H26N4/c1-4-13-28(14-5-1)37-34-21-12-20-32(36(34)33-19-10-11-22-35(33)41-37)27-23-25-31(26-24-27)40-43-38(29-15-6-2-7-16-29)42-39(44-40)30-17-8-3-9-18-30/h1-26H. The highest BCUT2D eigenvalue weighted by molar-refractivity contribution is 6.17. The minimum atomic E-state index is 0.642. The Labute approximate surface area is 255 Å². The quantitative estimate of drug-likeness (QED) is 0.196. The molecule has 44 heavy (non-hydrogen) atoms. The van der Waals surface area contributed by atoms with Crippen LogP contribution in [0, 0.1) is 0 Å². The molecule has 0 radical (unpaired) electrons. The Morgan fingerprint density at radius 2 is 0.750 bits per heavy atom. The van der Waals surface area contributed by atoms with Crippen LogP contribution in [0.1, 0.15) is 0 Å². The number of hydrogen-bond donors (Lipinski definition) is 0. The van der Waals surface area contributed by atoms with Gasteiger partial charge in [0.2, 0.25) is 0 Å². The van der Waals surface area contributed by atoms with E-state index in [2.05, 4.69) is 91.0 Å². The number of aromatic nitrogens is 4. The van der Waals surface area contributed by atoms with Crippen LogP contribution < -0.4 is 0 Å². The Morgan fingerprint density at radius 3 is 1.34 bits per heavy atom. The summed E-state index contributed by atoms with van der Waals surface area (Å²) >= 11 is 0. The largest absolute Gasteiger partial charge is 0.247 e. The zero-order valence-electron chi connectivity index (χ0n) is 23.8. The molecule has 0 amide bonds. The van der Waals surface area contributed by atoms with Gasteiger partial charge in [-0.25, -0.2) is 19.9 Å². The van der Waals surface area contributed by atoms with E-state index in [0.29, 0.717) is 17.5 Å². The lowest BCUT2D eigenvalue weighted by Gasteiger charge is -2.14. The van der Waals surface area contributed by atoms with Crippen molar-refractivity contribution in [2.24, 2.45) is 0 Å². The molecule has 8 aromatic rings. The van der Waals surface area contributed by atoms with Gasteiger partial charge in [-0.3, -0.25) is 0 Å². The third-order valence-electron chi connectivity index (χ3n) is 7.93. The van der Waals surface area contributed by atoms with Crippen LogP contribution in [-0.4, -0.2) is 19.9 Å². The van der Waals surface area contributed by atoms with Crippen LogP contribution in [0.15, 0.2) is 158 Å². The number of hydrogen-bond acceptors (Lipinski definition) is 4. The fourth-order valence-electron chi connectivity index (χ4n) is 5.80. The van der Waals surface area contributed by atoms with Crippen LogP contribution in [0.2, 0.25) is 0 Å². The van der Waals surface area contributed by atoms with E-state index in [-0.39, 0.29) is 0 Å². The highest BCUT2D eigenvalue weighted by Crippen LogP contribution is 2.39. The van der Waals surface area contributed by atoms with Crippen LogP contribution in [0.4, 0.5) is 0 Å². The Balaban J connectivity index is 1.27. The first-order chi connectivity index (χ1) is 21.8. The molecule has 0 unspecified atom stereocenters. The summed E-state index contributed by atoms with van der Waals surface area (Å²) in [4.78, 5) is 19.8. The third kappa shape index (κ3) is 4.69. The van der Waals surface area contributed by atoms with E-state index >= 15 is 0 Å². The fourth-order valence-corrected chi connectivity index (χ4v) is 5.80. The highest BCUT2D eigenvalue weighted by atomic mass is 15.0. The van der Waals surface area contributed by atoms with Crippen molar-refractivity contribution in [3.8, 4) is 56.5 Å². The molecule has 2 aromatic heterocycles. The van der Waals surface area contributed by atoms with E-state index in [4.69, 9.17) is 19.9 Å². The molecule has 0 saturated carbocycles. The molecule has 0 aliphatic rings. The molecule has 0 aliphatic carbocycles. The SMILES string of the molecule is c1ccc(-c2nc(-c3ccccc3)nc(-c3ccc(-c4cccc5c(-c6ccccc6)nc6ccccc6c45)cc3)n2)cc1. The van der Waals surface area contributed by atoms with Crippen LogP contribution in [0.3, 0.4) is 0 Å². The zero-order valence-corrected chi connectivity index (χ0v) is 23.8. The molecule has 6 aromatic carbocycles. The fraction of sp³-hybridized carbons (Fsp3) is 0. The van der Waals surface area contributed by atoms with Crippen molar-refractivity contribution in [3.63, 3.8) is 0 Å². The first-order valence-corrected chi connectivity index (χ1v) is 14.7. The van der Waals surface area contributed by atoms with E-state index < -0.39 is 0 Å². The number of fused-ring (bicyclic) bond motifs is 3. The normalized spacial score (nSPS) is 11.2. The second-order valence-corrected chi connectivity index (χ2v) is 10.7. The minimum absolute atomic E-state index is 0.642. The van der Waals surface area contributed by atoms with Crippen LogP contribution in [-0.2, 0) is 0 Å².